The van der Waals surface area contributed by atoms with Gasteiger partial charge in [-0.05, 0) is 67.8 Å². The van der Waals surface area contributed by atoms with Crippen LogP contribution in [-0.2, 0) is 5.75 Å². The second-order valence-corrected chi connectivity index (χ2v) is 10.4. The highest BCUT2D eigenvalue weighted by molar-refractivity contribution is 7.98. The average Bonchev–Trinajstić information content (AvgIpc) is 3.24. The fourth-order valence-electron chi connectivity index (χ4n) is 3.63. The molecule has 5 nitrogen and oxygen atoms in total. The van der Waals surface area contributed by atoms with Gasteiger partial charge < -0.3 is 5.32 Å². The van der Waals surface area contributed by atoms with Crippen molar-refractivity contribution in [3.63, 3.8) is 0 Å². The fourth-order valence-corrected chi connectivity index (χ4v) is 5.32. The van der Waals surface area contributed by atoms with E-state index < -0.39 is 6.04 Å². The van der Waals surface area contributed by atoms with Crippen molar-refractivity contribution in [1.29, 1.82) is 0 Å². The van der Waals surface area contributed by atoms with Gasteiger partial charge in [-0.15, -0.1) is 10.2 Å². The number of thioether (sulfide) groups is 1. The first-order valence-corrected chi connectivity index (χ1v) is 13.0. The topological polar surface area (TPSA) is 59.8 Å². The van der Waals surface area contributed by atoms with E-state index in [-0.39, 0.29) is 10.9 Å². The van der Waals surface area contributed by atoms with Crippen LogP contribution in [0, 0.1) is 13.8 Å². The third-order valence-electron chi connectivity index (χ3n) is 5.60. The van der Waals surface area contributed by atoms with Gasteiger partial charge in [-0.2, -0.15) is 0 Å². The fraction of sp³-hybridized carbons (Fsp3) is 0.192. The maximum atomic E-state index is 13.0. The van der Waals surface area contributed by atoms with Crippen molar-refractivity contribution < 1.29 is 4.79 Å². The van der Waals surface area contributed by atoms with Gasteiger partial charge in [0.25, 0.3) is 5.91 Å². The molecule has 0 radical (unpaired) electrons. The zero-order valence-electron chi connectivity index (χ0n) is 19.3. The quantitative estimate of drug-likeness (QED) is 0.243. The molecule has 0 aliphatic carbocycles. The molecule has 0 spiro atoms. The summed E-state index contributed by atoms with van der Waals surface area (Å²) in [6, 6.07) is 18.2. The van der Waals surface area contributed by atoms with Crippen molar-refractivity contribution in [2.75, 3.05) is 0 Å². The van der Waals surface area contributed by atoms with Gasteiger partial charge in [0.05, 0.1) is 22.3 Å². The van der Waals surface area contributed by atoms with Crippen LogP contribution in [-0.4, -0.2) is 20.7 Å². The summed E-state index contributed by atoms with van der Waals surface area (Å²) in [5.74, 6) is 0.984. The number of carbonyl (C=O) groups is 1. The van der Waals surface area contributed by atoms with Gasteiger partial charge in [0.1, 0.15) is 0 Å². The first kappa shape index (κ1) is 25.6. The summed E-state index contributed by atoms with van der Waals surface area (Å²) in [4.78, 5) is 13.0. The molecule has 0 saturated carbocycles. The number of benzene rings is 3. The first-order chi connectivity index (χ1) is 16.7. The average molecular weight is 546 g/mol. The van der Waals surface area contributed by atoms with Gasteiger partial charge in [0.15, 0.2) is 11.0 Å². The van der Waals surface area contributed by atoms with E-state index in [2.05, 4.69) is 34.6 Å². The minimum Gasteiger partial charge on any atom is -0.342 e. The summed E-state index contributed by atoms with van der Waals surface area (Å²) in [6.07, 6.45) is 0. The highest BCUT2D eigenvalue weighted by Gasteiger charge is 2.23. The molecule has 0 aliphatic heterocycles. The van der Waals surface area contributed by atoms with E-state index in [9.17, 15) is 4.79 Å². The lowest BCUT2D eigenvalue weighted by Crippen LogP contribution is -2.29. The molecule has 0 bridgehead atoms. The number of aromatic nitrogens is 3. The second kappa shape index (κ2) is 11.0. The van der Waals surface area contributed by atoms with Crippen LogP contribution in [0.5, 0.6) is 0 Å². The van der Waals surface area contributed by atoms with Gasteiger partial charge >= 0.3 is 0 Å². The van der Waals surface area contributed by atoms with Crippen LogP contribution in [0.15, 0.2) is 65.8 Å². The summed E-state index contributed by atoms with van der Waals surface area (Å²) in [7, 11) is 0. The van der Waals surface area contributed by atoms with E-state index in [0.29, 0.717) is 26.6 Å². The molecule has 0 saturated heterocycles. The van der Waals surface area contributed by atoms with Crippen LogP contribution in [0.3, 0.4) is 0 Å². The Hall–Kier alpha value is -2.51. The van der Waals surface area contributed by atoms with Gasteiger partial charge in [0, 0.05) is 15.8 Å². The molecule has 0 aliphatic rings. The predicted molar refractivity (Wildman–Crippen MR) is 144 cm³/mol. The second-order valence-electron chi connectivity index (χ2n) is 8.14. The van der Waals surface area contributed by atoms with Gasteiger partial charge in [-0.3, -0.25) is 9.36 Å². The Balaban J connectivity index is 1.68. The molecule has 1 amide bonds. The van der Waals surface area contributed by atoms with Crippen LogP contribution in [0.4, 0.5) is 0 Å². The molecule has 180 valence electrons. The standard InChI is InChI=1S/C26H23Cl3N4OS/c1-15-6-4-5-7-18(15)14-35-26-32-31-24(33(26)23-13-20(28)9-8-16(23)2)17(3)30-25(34)21-11-10-19(27)12-22(21)29/h4-13,17H,14H2,1-3H3,(H,30,34). The van der Waals surface area contributed by atoms with E-state index >= 15 is 0 Å². The SMILES string of the molecule is Cc1ccccc1CSc1nnc(C(C)NC(=O)c2ccc(Cl)cc2Cl)n1-c1cc(Cl)ccc1C. The Bertz CT molecular complexity index is 1390. The van der Waals surface area contributed by atoms with Crippen LogP contribution < -0.4 is 5.32 Å². The molecule has 9 heteroatoms. The van der Waals surface area contributed by atoms with Crippen LogP contribution in [0.1, 0.15) is 45.8 Å². The number of nitrogens with one attached hydrogen (secondary N) is 1. The Morgan fingerprint density at radius 3 is 2.43 bits per heavy atom. The first-order valence-electron chi connectivity index (χ1n) is 10.9. The highest BCUT2D eigenvalue weighted by Crippen LogP contribution is 2.31. The van der Waals surface area contributed by atoms with Gasteiger partial charge in [-0.25, -0.2) is 0 Å². The van der Waals surface area contributed by atoms with E-state index in [0.717, 1.165) is 17.0 Å². The maximum Gasteiger partial charge on any atom is 0.253 e. The van der Waals surface area contributed by atoms with E-state index in [1.165, 1.54) is 11.1 Å². The summed E-state index contributed by atoms with van der Waals surface area (Å²) in [6.45, 7) is 5.95. The van der Waals surface area contributed by atoms with Crippen molar-refractivity contribution in [3.05, 3.63) is 104 Å². The minimum absolute atomic E-state index is 0.281. The Kier molecular flexibility index (Phi) is 8.07. The summed E-state index contributed by atoms with van der Waals surface area (Å²) in [5.41, 5.74) is 4.63. The zero-order chi connectivity index (χ0) is 25.1. The summed E-state index contributed by atoms with van der Waals surface area (Å²) < 4.78 is 1.96. The molecule has 1 atom stereocenters. The number of hydrogen-bond donors (Lipinski definition) is 1. The highest BCUT2D eigenvalue weighted by atomic mass is 35.5. The Labute approximate surface area is 223 Å². The molecule has 35 heavy (non-hydrogen) atoms. The number of rotatable bonds is 7. The summed E-state index contributed by atoms with van der Waals surface area (Å²) >= 11 is 20.1. The molecular weight excluding hydrogens is 523 g/mol. The number of amides is 1. The number of hydrogen-bond acceptors (Lipinski definition) is 4. The molecule has 1 heterocycles. The van der Waals surface area contributed by atoms with Crippen LogP contribution >= 0.6 is 46.6 Å². The molecule has 1 aromatic heterocycles. The lowest BCUT2D eigenvalue weighted by molar-refractivity contribution is 0.0938. The number of carbonyl (C=O) groups excluding carboxylic acids is 1. The molecule has 3 aromatic carbocycles. The third-order valence-corrected chi connectivity index (χ3v) is 7.36. The van der Waals surface area contributed by atoms with Crippen LogP contribution in [0.2, 0.25) is 15.1 Å². The molecule has 4 rings (SSSR count). The maximum absolute atomic E-state index is 13.0. The number of aryl methyl sites for hydroxylation is 2. The number of nitrogens with zero attached hydrogens (tertiary/aromatic N) is 3. The Morgan fingerprint density at radius 2 is 1.69 bits per heavy atom. The van der Waals surface area contributed by atoms with Gasteiger partial charge in [-0.1, -0.05) is 76.9 Å². The van der Waals surface area contributed by atoms with Crippen molar-refractivity contribution >= 4 is 52.5 Å². The largest absolute Gasteiger partial charge is 0.342 e. The van der Waals surface area contributed by atoms with E-state index in [4.69, 9.17) is 34.8 Å². The summed E-state index contributed by atoms with van der Waals surface area (Å²) in [5, 5.41) is 14.0. The molecule has 1 unspecified atom stereocenters. The predicted octanol–water partition coefficient (Wildman–Crippen LogP) is 7.63. The lowest BCUT2D eigenvalue weighted by atomic mass is 10.1. The van der Waals surface area contributed by atoms with Crippen molar-refractivity contribution in [2.24, 2.45) is 0 Å². The smallest absolute Gasteiger partial charge is 0.253 e. The normalized spacial score (nSPS) is 11.9. The van der Waals surface area contributed by atoms with Crippen LogP contribution in [0.25, 0.3) is 5.69 Å². The monoisotopic (exact) mass is 544 g/mol. The van der Waals surface area contributed by atoms with E-state index in [1.807, 2.05) is 48.7 Å². The molecule has 0 fully saturated rings. The lowest BCUT2D eigenvalue weighted by Gasteiger charge is -2.18. The van der Waals surface area contributed by atoms with Gasteiger partial charge in [0.2, 0.25) is 0 Å². The van der Waals surface area contributed by atoms with E-state index in [1.54, 1.807) is 30.0 Å². The van der Waals surface area contributed by atoms with Crippen molar-refractivity contribution in [3.8, 4) is 5.69 Å². The zero-order valence-corrected chi connectivity index (χ0v) is 22.4. The molecule has 4 aromatic rings. The molecular formula is C26H23Cl3N4OS. The minimum atomic E-state index is -0.465. The van der Waals surface area contributed by atoms with Crippen molar-refractivity contribution in [1.82, 2.24) is 20.1 Å². The van der Waals surface area contributed by atoms with Crippen molar-refractivity contribution in [2.45, 2.75) is 37.7 Å². The third kappa shape index (κ3) is 5.84. The Morgan fingerprint density at radius 1 is 0.971 bits per heavy atom. The number of halogens is 3. The molecule has 1 N–H and O–H groups in total.